The van der Waals surface area contributed by atoms with Crippen LogP contribution in [-0.2, 0) is 4.79 Å². The molecule has 0 radical (unpaired) electrons. The number of aliphatic hydroxyl groups excluding tert-OH is 1. The van der Waals surface area contributed by atoms with Gasteiger partial charge in [-0.3, -0.25) is 4.79 Å². The molecule has 0 saturated heterocycles. The SMILES string of the molecule is COc1cc(C(O)C(=O)O)ccc1C(=O)C(C)Br. The minimum atomic E-state index is -1.63. The van der Waals surface area contributed by atoms with E-state index in [-0.39, 0.29) is 21.9 Å². The Morgan fingerprint density at radius 1 is 1.39 bits per heavy atom. The number of alkyl halides is 1. The Balaban J connectivity index is 3.19. The van der Waals surface area contributed by atoms with Crippen molar-refractivity contribution in [1.29, 1.82) is 0 Å². The van der Waals surface area contributed by atoms with Crippen LogP contribution in [0.25, 0.3) is 0 Å². The number of ketones is 1. The van der Waals surface area contributed by atoms with Crippen LogP contribution in [0.15, 0.2) is 18.2 Å². The van der Waals surface area contributed by atoms with E-state index < -0.39 is 12.1 Å². The van der Waals surface area contributed by atoms with Gasteiger partial charge >= 0.3 is 5.97 Å². The maximum absolute atomic E-state index is 11.8. The van der Waals surface area contributed by atoms with Gasteiger partial charge in [0.25, 0.3) is 0 Å². The van der Waals surface area contributed by atoms with E-state index in [4.69, 9.17) is 9.84 Å². The van der Waals surface area contributed by atoms with E-state index in [1.54, 1.807) is 6.92 Å². The maximum Gasteiger partial charge on any atom is 0.337 e. The van der Waals surface area contributed by atoms with Gasteiger partial charge in [0.15, 0.2) is 11.9 Å². The zero-order valence-corrected chi connectivity index (χ0v) is 11.5. The number of ether oxygens (including phenoxy) is 1. The Labute approximate surface area is 113 Å². The lowest BCUT2D eigenvalue weighted by Crippen LogP contribution is -2.14. The monoisotopic (exact) mass is 316 g/mol. The van der Waals surface area contributed by atoms with Crippen LogP contribution in [0.2, 0.25) is 0 Å². The number of rotatable bonds is 5. The molecular formula is C12H13BrO5. The summed E-state index contributed by atoms with van der Waals surface area (Å²) in [5.74, 6) is -1.29. The molecule has 1 aromatic carbocycles. The van der Waals surface area contributed by atoms with Crippen molar-refractivity contribution in [3.05, 3.63) is 29.3 Å². The van der Waals surface area contributed by atoms with Crippen molar-refractivity contribution in [3.8, 4) is 5.75 Å². The average Bonchev–Trinajstić information content (AvgIpc) is 2.35. The molecule has 2 unspecified atom stereocenters. The Kier molecular flexibility index (Phi) is 4.86. The fourth-order valence-corrected chi connectivity index (χ4v) is 1.68. The van der Waals surface area contributed by atoms with E-state index in [2.05, 4.69) is 15.9 Å². The highest BCUT2D eigenvalue weighted by atomic mass is 79.9. The van der Waals surface area contributed by atoms with Crippen LogP contribution in [0, 0.1) is 0 Å². The highest BCUT2D eigenvalue weighted by Crippen LogP contribution is 2.26. The van der Waals surface area contributed by atoms with E-state index in [0.717, 1.165) is 0 Å². The number of hydrogen-bond acceptors (Lipinski definition) is 4. The van der Waals surface area contributed by atoms with E-state index in [1.807, 2.05) is 0 Å². The Morgan fingerprint density at radius 2 is 2.00 bits per heavy atom. The van der Waals surface area contributed by atoms with E-state index in [1.165, 1.54) is 25.3 Å². The number of halogens is 1. The largest absolute Gasteiger partial charge is 0.496 e. The second-order valence-corrected chi connectivity index (χ2v) is 5.05. The summed E-state index contributed by atoms with van der Waals surface area (Å²) in [7, 11) is 1.38. The third-order valence-corrected chi connectivity index (χ3v) is 2.82. The van der Waals surface area contributed by atoms with Gasteiger partial charge in [-0.2, -0.15) is 0 Å². The summed E-state index contributed by atoms with van der Waals surface area (Å²) in [5.41, 5.74) is 0.501. The molecule has 2 atom stereocenters. The second-order valence-electron chi connectivity index (χ2n) is 3.68. The molecule has 1 rings (SSSR count). The van der Waals surface area contributed by atoms with Gasteiger partial charge in [0, 0.05) is 0 Å². The summed E-state index contributed by atoms with van der Waals surface area (Å²) in [6.45, 7) is 1.68. The minimum Gasteiger partial charge on any atom is -0.496 e. The molecule has 0 aliphatic carbocycles. The fraction of sp³-hybridized carbons (Fsp3) is 0.333. The third kappa shape index (κ3) is 3.08. The summed E-state index contributed by atoms with van der Waals surface area (Å²) in [4.78, 5) is 22.1. The number of Topliss-reactive ketones (excluding diaryl/α,β-unsaturated/α-hetero) is 1. The number of carbonyl (C=O) groups excluding carboxylic acids is 1. The summed E-state index contributed by atoms with van der Waals surface area (Å²) >= 11 is 3.16. The predicted octanol–water partition coefficient (Wildman–Crippen LogP) is 1.78. The predicted molar refractivity (Wildman–Crippen MR) is 68.3 cm³/mol. The minimum absolute atomic E-state index is 0.165. The van der Waals surface area contributed by atoms with Crippen LogP contribution >= 0.6 is 15.9 Å². The molecule has 0 spiro atoms. The second kappa shape index (κ2) is 5.97. The van der Waals surface area contributed by atoms with Crippen LogP contribution in [0.4, 0.5) is 0 Å². The van der Waals surface area contributed by atoms with Gasteiger partial charge in [-0.15, -0.1) is 0 Å². The van der Waals surface area contributed by atoms with Crippen molar-refractivity contribution in [3.63, 3.8) is 0 Å². The van der Waals surface area contributed by atoms with Crippen molar-refractivity contribution < 1.29 is 24.5 Å². The molecule has 0 aromatic heterocycles. The first-order valence-electron chi connectivity index (χ1n) is 5.15. The van der Waals surface area contributed by atoms with Crippen molar-refractivity contribution in [2.45, 2.75) is 17.9 Å². The van der Waals surface area contributed by atoms with Gasteiger partial charge in [0.2, 0.25) is 0 Å². The molecule has 18 heavy (non-hydrogen) atoms. The summed E-state index contributed by atoms with van der Waals surface area (Å²) in [6, 6.07) is 4.19. The number of aliphatic carboxylic acids is 1. The zero-order chi connectivity index (χ0) is 13.9. The van der Waals surface area contributed by atoms with E-state index in [0.29, 0.717) is 5.56 Å². The van der Waals surface area contributed by atoms with E-state index in [9.17, 15) is 14.7 Å². The van der Waals surface area contributed by atoms with E-state index >= 15 is 0 Å². The molecule has 0 aliphatic rings. The Bertz CT molecular complexity index is 470. The Morgan fingerprint density at radius 3 is 2.44 bits per heavy atom. The van der Waals surface area contributed by atoms with Crippen LogP contribution in [-0.4, -0.2) is 33.9 Å². The number of benzene rings is 1. The fourth-order valence-electron chi connectivity index (χ4n) is 1.44. The maximum atomic E-state index is 11.8. The molecule has 0 fully saturated rings. The number of hydrogen-bond donors (Lipinski definition) is 2. The quantitative estimate of drug-likeness (QED) is 0.639. The standard InChI is InChI=1S/C12H13BrO5/c1-6(13)10(14)8-4-3-7(5-9(8)18-2)11(15)12(16)17/h3-6,11,15H,1-2H3,(H,16,17). The molecule has 1 aromatic rings. The van der Waals surface area contributed by atoms with Gasteiger partial charge < -0.3 is 14.9 Å². The van der Waals surface area contributed by atoms with Gasteiger partial charge in [-0.25, -0.2) is 4.79 Å². The molecule has 6 heteroatoms. The van der Waals surface area contributed by atoms with Crippen molar-refractivity contribution in [1.82, 2.24) is 0 Å². The normalized spacial score (nSPS) is 13.8. The van der Waals surface area contributed by atoms with Gasteiger partial charge in [-0.1, -0.05) is 22.0 Å². The lowest BCUT2D eigenvalue weighted by atomic mass is 10.0. The number of aliphatic hydroxyl groups is 1. The first-order chi connectivity index (χ1) is 8.38. The topological polar surface area (TPSA) is 83.8 Å². The first kappa shape index (κ1) is 14.7. The molecule has 2 N–H and O–H groups in total. The first-order valence-corrected chi connectivity index (χ1v) is 6.07. The lowest BCUT2D eigenvalue weighted by molar-refractivity contribution is -0.146. The zero-order valence-electron chi connectivity index (χ0n) is 9.88. The molecule has 5 nitrogen and oxygen atoms in total. The van der Waals surface area contributed by atoms with Crippen LogP contribution in [0.3, 0.4) is 0 Å². The number of carbonyl (C=O) groups is 2. The Hall–Kier alpha value is -1.40. The average molecular weight is 317 g/mol. The van der Waals surface area contributed by atoms with Crippen molar-refractivity contribution in [2.24, 2.45) is 0 Å². The molecule has 0 bridgehead atoms. The third-order valence-electron chi connectivity index (χ3n) is 2.40. The molecule has 0 amide bonds. The molecule has 0 aliphatic heterocycles. The molecular weight excluding hydrogens is 304 g/mol. The van der Waals surface area contributed by atoms with Crippen molar-refractivity contribution >= 4 is 27.7 Å². The highest BCUT2D eigenvalue weighted by molar-refractivity contribution is 9.10. The van der Waals surface area contributed by atoms with Crippen LogP contribution in [0.5, 0.6) is 5.75 Å². The van der Waals surface area contributed by atoms with Crippen LogP contribution in [0.1, 0.15) is 28.9 Å². The van der Waals surface area contributed by atoms with Crippen molar-refractivity contribution in [2.75, 3.05) is 7.11 Å². The lowest BCUT2D eigenvalue weighted by Gasteiger charge is -2.12. The molecule has 0 heterocycles. The highest BCUT2D eigenvalue weighted by Gasteiger charge is 2.21. The van der Waals surface area contributed by atoms with Gasteiger partial charge in [0.1, 0.15) is 5.75 Å². The summed E-state index contributed by atoms with van der Waals surface area (Å²) in [6.07, 6.45) is -1.63. The number of carboxylic acid groups (broad SMARTS) is 1. The summed E-state index contributed by atoms with van der Waals surface area (Å²) < 4.78 is 5.04. The smallest absolute Gasteiger partial charge is 0.337 e. The number of carboxylic acids is 1. The van der Waals surface area contributed by atoms with Crippen LogP contribution < -0.4 is 4.74 Å². The number of methoxy groups -OCH3 is 1. The molecule has 98 valence electrons. The summed E-state index contributed by atoms with van der Waals surface area (Å²) in [5, 5.41) is 18.1. The molecule has 0 saturated carbocycles. The van der Waals surface area contributed by atoms with Gasteiger partial charge in [0.05, 0.1) is 17.5 Å². The van der Waals surface area contributed by atoms with Gasteiger partial charge in [-0.05, 0) is 24.6 Å².